The van der Waals surface area contributed by atoms with Crippen LogP contribution in [0.4, 0.5) is 0 Å². The van der Waals surface area contributed by atoms with Gasteiger partial charge in [-0.05, 0) is 56.3 Å². The second kappa shape index (κ2) is 4.87. The molecule has 0 amide bonds. The van der Waals surface area contributed by atoms with Gasteiger partial charge in [0.2, 0.25) is 0 Å². The molecule has 2 atom stereocenters. The topological polar surface area (TPSA) is 15.3 Å². The van der Waals surface area contributed by atoms with E-state index in [-0.39, 0.29) is 0 Å². The smallest absolute Gasteiger partial charge is 0.0239 e. The molecular weight excluding hydrogens is 300 g/mol. The number of nitrogens with zero attached hydrogens (tertiary/aromatic N) is 1. The largest absolute Gasteiger partial charge is 0.316 e. The molecule has 104 valence electrons. The molecule has 2 heterocycles. The van der Waals surface area contributed by atoms with E-state index in [1.165, 1.54) is 35.2 Å². The molecule has 19 heavy (non-hydrogen) atoms. The predicted octanol–water partition coefficient (Wildman–Crippen LogP) is 3.19. The summed E-state index contributed by atoms with van der Waals surface area (Å²) in [5.41, 5.74) is 3.08. The van der Waals surface area contributed by atoms with E-state index in [9.17, 15) is 0 Å². The number of fused-ring (bicyclic) bond motifs is 1. The lowest BCUT2D eigenvalue weighted by Crippen LogP contribution is -2.43. The van der Waals surface area contributed by atoms with Crippen LogP contribution >= 0.6 is 15.9 Å². The third kappa shape index (κ3) is 2.37. The zero-order chi connectivity index (χ0) is 13.6. The van der Waals surface area contributed by atoms with Gasteiger partial charge in [0.25, 0.3) is 0 Å². The molecule has 0 radical (unpaired) electrons. The molecule has 0 spiro atoms. The molecule has 0 saturated carbocycles. The van der Waals surface area contributed by atoms with Crippen LogP contribution in [-0.2, 0) is 6.54 Å². The fourth-order valence-corrected chi connectivity index (χ4v) is 4.04. The lowest BCUT2D eigenvalue weighted by atomic mass is 9.85. The van der Waals surface area contributed by atoms with Crippen LogP contribution in [0.5, 0.6) is 0 Å². The van der Waals surface area contributed by atoms with Gasteiger partial charge in [0.1, 0.15) is 0 Å². The minimum atomic E-state index is 0.315. The quantitative estimate of drug-likeness (QED) is 0.899. The van der Waals surface area contributed by atoms with E-state index in [4.69, 9.17) is 0 Å². The molecule has 2 saturated heterocycles. The lowest BCUT2D eigenvalue weighted by molar-refractivity contribution is 0.132. The summed E-state index contributed by atoms with van der Waals surface area (Å²) in [5, 5.41) is 3.55. The van der Waals surface area contributed by atoms with Crippen LogP contribution in [0, 0.1) is 18.8 Å². The van der Waals surface area contributed by atoms with E-state index in [1.807, 2.05) is 0 Å². The van der Waals surface area contributed by atoms with Gasteiger partial charge in [-0.15, -0.1) is 0 Å². The van der Waals surface area contributed by atoms with Crippen molar-refractivity contribution in [1.29, 1.82) is 0 Å². The predicted molar refractivity (Wildman–Crippen MR) is 83.2 cm³/mol. The van der Waals surface area contributed by atoms with Crippen molar-refractivity contribution < 1.29 is 0 Å². The van der Waals surface area contributed by atoms with Crippen molar-refractivity contribution in [1.82, 2.24) is 10.2 Å². The van der Waals surface area contributed by atoms with Crippen LogP contribution < -0.4 is 5.32 Å². The number of aryl methyl sites for hydroxylation is 1. The molecule has 2 aliphatic rings. The fraction of sp³-hybridized carbons (Fsp3) is 0.625. The Morgan fingerprint density at radius 2 is 2.16 bits per heavy atom. The molecule has 1 aromatic carbocycles. The van der Waals surface area contributed by atoms with Gasteiger partial charge in [0.05, 0.1) is 0 Å². The van der Waals surface area contributed by atoms with Crippen molar-refractivity contribution in [2.45, 2.75) is 32.9 Å². The number of hydrogen-bond acceptors (Lipinski definition) is 2. The van der Waals surface area contributed by atoms with Crippen molar-refractivity contribution >= 4 is 15.9 Å². The second-order valence-corrected chi connectivity index (χ2v) is 7.50. The summed E-state index contributed by atoms with van der Waals surface area (Å²) in [6.07, 6.45) is 0. The minimum Gasteiger partial charge on any atom is -0.316 e. The number of rotatable bonds is 2. The third-order valence-corrected chi connectivity index (χ3v) is 6.00. The summed E-state index contributed by atoms with van der Waals surface area (Å²) in [4.78, 5) is 2.67. The van der Waals surface area contributed by atoms with E-state index in [0.29, 0.717) is 5.54 Å². The highest BCUT2D eigenvalue weighted by molar-refractivity contribution is 9.10. The van der Waals surface area contributed by atoms with Crippen LogP contribution in [-0.4, -0.2) is 30.1 Å². The van der Waals surface area contributed by atoms with Gasteiger partial charge in [-0.2, -0.15) is 0 Å². The van der Waals surface area contributed by atoms with Crippen LogP contribution in [0.15, 0.2) is 22.7 Å². The summed E-state index contributed by atoms with van der Waals surface area (Å²) in [6, 6.07) is 6.74. The SMILES string of the molecule is Cc1cc(CN2CC3CNCC3C2(C)C)ccc1Br. The van der Waals surface area contributed by atoms with Crippen LogP contribution in [0.3, 0.4) is 0 Å². The maximum atomic E-state index is 3.58. The van der Waals surface area contributed by atoms with E-state index in [1.54, 1.807) is 0 Å². The number of hydrogen-bond donors (Lipinski definition) is 1. The van der Waals surface area contributed by atoms with Crippen molar-refractivity contribution in [3.63, 3.8) is 0 Å². The maximum absolute atomic E-state index is 3.58. The lowest BCUT2D eigenvalue weighted by Gasteiger charge is -2.35. The molecule has 3 rings (SSSR count). The van der Waals surface area contributed by atoms with E-state index >= 15 is 0 Å². The summed E-state index contributed by atoms with van der Waals surface area (Å²) >= 11 is 3.58. The number of benzene rings is 1. The van der Waals surface area contributed by atoms with Gasteiger partial charge >= 0.3 is 0 Å². The minimum absolute atomic E-state index is 0.315. The second-order valence-electron chi connectivity index (χ2n) is 6.64. The molecule has 2 nitrogen and oxygen atoms in total. The third-order valence-electron chi connectivity index (χ3n) is 5.11. The zero-order valence-electron chi connectivity index (χ0n) is 12.0. The first-order chi connectivity index (χ1) is 8.98. The maximum Gasteiger partial charge on any atom is 0.0239 e. The number of likely N-dealkylation sites (tertiary alicyclic amines) is 1. The highest BCUT2D eigenvalue weighted by Crippen LogP contribution is 2.41. The van der Waals surface area contributed by atoms with Crippen LogP contribution in [0.2, 0.25) is 0 Å². The average Bonchev–Trinajstić information content (AvgIpc) is 2.89. The van der Waals surface area contributed by atoms with E-state index in [2.05, 4.69) is 65.1 Å². The molecule has 0 bridgehead atoms. The standard InChI is InChI=1S/C16H23BrN2/c1-11-6-12(4-5-15(11)17)9-19-10-13-7-18-8-14(13)16(19,2)3/h4-6,13-14,18H,7-10H2,1-3H3. The Morgan fingerprint density at radius 3 is 2.84 bits per heavy atom. The van der Waals surface area contributed by atoms with Crippen molar-refractivity contribution in [3.05, 3.63) is 33.8 Å². The summed E-state index contributed by atoms with van der Waals surface area (Å²) < 4.78 is 1.21. The van der Waals surface area contributed by atoms with E-state index < -0.39 is 0 Å². The highest BCUT2D eigenvalue weighted by atomic mass is 79.9. The van der Waals surface area contributed by atoms with Gasteiger partial charge in [-0.25, -0.2) is 0 Å². The summed E-state index contributed by atoms with van der Waals surface area (Å²) in [5.74, 6) is 1.65. The Kier molecular flexibility index (Phi) is 3.48. The first-order valence-corrected chi connectivity index (χ1v) is 7.98. The molecule has 1 N–H and O–H groups in total. The van der Waals surface area contributed by atoms with Crippen molar-refractivity contribution in [2.75, 3.05) is 19.6 Å². The monoisotopic (exact) mass is 322 g/mol. The molecule has 0 aliphatic carbocycles. The first kappa shape index (κ1) is 13.6. The normalized spacial score (nSPS) is 29.7. The first-order valence-electron chi connectivity index (χ1n) is 7.19. The summed E-state index contributed by atoms with van der Waals surface area (Å²) in [7, 11) is 0. The average molecular weight is 323 g/mol. The molecule has 3 heteroatoms. The molecule has 1 aromatic rings. The van der Waals surface area contributed by atoms with Gasteiger partial charge < -0.3 is 5.32 Å². The fourth-order valence-electron chi connectivity index (χ4n) is 3.80. The van der Waals surface area contributed by atoms with Crippen LogP contribution in [0.25, 0.3) is 0 Å². The summed E-state index contributed by atoms with van der Waals surface area (Å²) in [6.45, 7) is 11.7. The molecule has 0 aromatic heterocycles. The molecular formula is C16H23BrN2. The molecule has 2 unspecified atom stereocenters. The number of nitrogens with one attached hydrogen (secondary N) is 1. The van der Waals surface area contributed by atoms with E-state index in [0.717, 1.165) is 18.4 Å². The van der Waals surface area contributed by atoms with Crippen LogP contribution in [0.1, 0.15) is 25.0 Å². The highest BCUT2D eigenvalue weighted by Gasteiger charge is 2.49. The van der Waals surface area contributed by atoms with Gasteiger partial charge in [0, 0.05) is 29.6 Å². The van der Waals surface area contributed by atoms with Gasteiger partial charge in [-0.1, -0.05) is 28.1 Å². The Hall–Kier alpha value is -0.380. The molecule has 2 aliphatic heterocycles. The Labute approximate surface area is 124 Å². The molecule has 2 fully saturated rings. The van der Waals surface area contributed by atoms with Crippen molar-refractivity contribution in [3.8, 4) is 0 Å². The Bertz CT molecular complexity index is 484. The van der Waals surface area contributed by atoms with Gasteiger partial charge in [-0.3, -0.25) is 4.90 Å². The van der Waals surface area contributed by atoms with Crippen molar-refractivity contribution in [2.24, 2.45) is 11.8 Å². The van der Waals surface area contributed by atoms with Gasteiger partial charge in [0.15, 0.2) is 0 Å². The Morgan fingerprint density at radius 1 is 1.37 bits per heavy atom. The Balaban J connectivity index is 1.78. The zero-order valence-corrected chi connectivity index (χ0v) is 13.6. The number of halogens is 1.